The number of likely N-dealkylation sites (tertiary alicyclic amines) is 1. The average Bonchev–Trinajstić information content (AvgIpc) is 2.91. The van der Waals surface area contributed by atoms with E-state index in [1.807, 2.05) is 6.07 Å². The summed E-state index contributed by atoms with van der Waals surface area (Å²) in [5.41, 5.74) is 0.733. The van der Waals surface area contributed by atoms with Crippen molar-refractivity contribution >= 4 is 26.8 Å². The summed E-state index contributed by atoms with van der Waals surface area (Å²) in [7, 11) is 2.11. The van der Waals surface area contributed by atoms with Crippen molar-refractivity contribution in [2.75, 3.05) is 38.2 Å². The normalized spacial score (nSPS) is 17.7. The van der Waals surface area contributed by atoms with Crippen LogP contribution in [0.3, 0.4) is 0 Å². The van der Waals surface area contributed by atoms with E-state index in [1.54, 1.807) is 17.5 Å². The number of β-amino-alcohol motifs (C(OH)–C–C–N with tert-alkyl or cyclic N) is 1. The van der Waals surface area contributed by atoms with Gasteiger partial charge in [-0.25, -0.2) is 0 Å². The molecule has 1 N–H and O–H groups in total. The van der Waals surface area contributed by atoms with E-state index < -0.39 is 0 Å². The largest absolute Gasteiger partial charge is 0.395 e. The zero-order valence-corrected chi connectivity index (χ0v) is 12.4. The number of nitrogens with zero attached hydrogens (tertiary/aromatic N) is 5. The highest BCUT2D eigenvalue weighted by Crippen LogP contribution is 2.29. The molecule has 0 saturated carbocycles. The molecule has 0 bridgehead atoms. The van der Waals surface area contributed by atoms with Crippen LogP contribution in [0.25, 0.3) is 10.3 Å². The van der Waals surface area contributed by atoms with Crippen molar-refractivity contribution in [3.63, 3.8) is 0 Å². The predicted molar refractivity (Wildman–Crippen MR) is 80.2 cm³/mol. The maximum atomic E-state index is 8.98. The van der Waals surface area contributed by atoms with Crippen molar-refractivity contribution < 1.29 is 5.11 Å². The molecule has 0 radical (unpaired) electrons. The molecular formula is C13H19N5OS. The van der Waals surface area contributed by atoms with Gasteiger partial charge in [0.05, 0.1) is 17.5 Å². The van der Waals surface area contributed by atoms with Gasteiger partial charge in [0.25, 0.3) is 0 Å². The van der Waals surface area contributed by atoms with Crippen LogP contribution in [0, 0.1) is 0 Å². The maximum absolute atomic E-state index is 8.98. The van der Waals surface area contributed by atoms with E-state index in [-0.39, 0.29) is 6.61 Å². The minimum Gasteiger partial charge on any atom is -0.395 e. The standard InChI is InChI=1S/C13H19N5OS/c1-17(10-3-6-18(7-4-10)8-9-19)13-15-12-11(20-13)2-5-14-16-12/h2,5,10,19H,3-4,6-9H2,1H3. The Labute approximate surface area is 122 Å². The molecule has 0 aliphatic carbocycles. The van der Waals surface area contributed by atoms with Crippen LogP contribution in [-0.4, -0.2) is 64.5 Å². The molecule has 108 valence electrons. The Morgan fingerprint density at radius 1 is 1.45 bits per heavy atom. The van der Waals surface area contributed by atoms with Gasteiger partial charge in [0.2, 0.25) is 0 Å². The quantitative estimate of drug-likeness (QED) is 0.906. The van der Waals surface area contributed by atoms with E-state index in [1.165, 1.54) is 0 Å². The fourth-order valence-corrected chi connectivity index (χ4v) is 3.59. The lowest BCUT2D eigenvalue weighted by molar-refractivity contribution is 0.164. The molecule has 0 atom stereocenters. The van der Waals surface area contributed by atoms with Crippen molar-refractivity contribution in [3.05, 3.63) is 12.3 Å². The fraction of sp³-hybridized carbons (Fsp3) is 0.615. The van der Waals surface area contributed by atoms with Crippen LogP contribution in [0.4, 0.5) is 5.13 Å². The van der Waals surface area contributed by atoms with Gasteiger partial charge in [0.15, 0.2) is 10.8 Å². The molecule has 0 aromatic carbocycles. The zero-order valence-electron chi connectivity index (χ0n) is 11.6. The summed E-state index contributed by atoms with van der Waals surface area (Å²) in [4.78, 5) is 9.14. The highest BCUT2D eigenvalue weighted by atomic mass is 32.1. The molecule has 2 aromatic rings. The number of hydrogen-bond acceptors (Lipinski definition) is 7. The van der Waals surface area contributed by atoms with E-state index in [0.717, 1.165) is 48.0 Å². The van der Waals surface area contributed by atoms with Crippen molar-refractivity contribution in [2.45, 2.75) is 18.9 Å². The Morgan fingerprint density at radius 2 is 2.25 bits per heavy atom. The second kappa shape index (κ2) is 5.99. The third-order valence-corrected chi connectivity index (χ3v) is 4.99. The van der Waals surface area contributed by atoms with Gasteiger partial charge < -0.3 is 14.9 Å². The lowest BCUT2D eigenvalue weighted by Crippen LogP contribution is -2.44. The Bertz CT molecular complexity index is 534. The van der Waals surface area contributed by atoms with E-state index >= 15 is 0 Å². The molecule has 3 heterocycles. The number of aliphatic hydroxyl groups is 1. The van der Waals surface area contributed by atoms with Crippen LogP contribution in [0.1, 0.15) is 12.8 Å². The topological polar surface area (TPSA) is 65.4 Å². The molecular weight excluding hydrogens is 274 g/mol. The number of aliphatic hydroxyl groups excluding tert-OH is 1. The molecule has 1 saturated heterocycles. The highest BCUT2D eigenvalue weighted by Gasteiger charge is 2.24. The van der Waals surface area contributed by atoms with Gasteiger partial charge in [-0.1, -0.05) is 11.3 Å². The third kappa shape index (κ3) is 2.74. The van der Waals surface area contributed by atoms with Crippen LogP contribution in [0.5, 0.6) is 0 Å². The summed E-state index contributed by atoms with van der Waals surface area (Å²) < 4.78 is 1.08. The van der Waals surface area contributed by atoms with E-state index in [2.05, 4.69) is 32.0 Å². The molecule has 2 aromatic heterocycles. The molecule has 3 rings (SSSR count). The van der Waals surface area contributed by atoms with Crippen molar-refractivity contribution in [3.8, 4) is 0 Å². The lowest BCUT2D eigenvalue weighted by Gasteiger charge is -2.36. The summed E-state index contributed by atoms with van der Waals surface area (Å²) in [6.07, 6.45) is 3.92. The zero-order chi connectivity index (χ0) is 13.9. The monoisotopic (exact) mass is 293 g/mol. The van der Waals surface area contributed by atoms with Gasteiger partial charge in [-0.3, -0.25) is 0 Å². The molecule has 1 aliphatic rings. The molecule has 6 nitrogen and oxygen atoms in total. The van der Waals surface area contributed by atoms with Crippen molar-refractivity contribution in [1.29, 1.82) is 0 Å². The number of thiazole rings is 1. The summed E-state index contributed by atoms with van der Waals surface area (Å²) in [6, 6.07) is 2.47. The average molecular weight is 293 g/mol. The third-order valence-electron chi connectivity index (χ3n) is 3.89. The fourth-order valence-electron chi connectivity index (χ4n) is 2.66. The van der Waals surface area contributed by atoms with Gasteiger partial charge in [0, 0.05) is 32.7 Å². The number of rotatable bonds is 4. The summed E-state index contributed by atoms with van der Waals surface area (Å²) in [6.45, 7) is 3.12. The van der Waals surface area contributed by atoms with E-state index in [9.17, 15) is 0 Å². The first kappa shape index (κ1) is 13.7. The smallest absolute Gasteiger partial charge is 0.194 e. The van der Waals surface area contributed by atoms with Crippen LogP contribution >= 0.6 is 11.3 Å². The predicted octanol–water partition coefficient (Wildman–Crippen LogP) is 0.979. The van der Waals surface area contributed by atoms with Gasteiger partial charge >= 0.3 is 0 Å². The van der Waals surface area contributed by atoms with Crippen LogP contribution < -0.4 is 4.90 Å². The molecule has 0 unspecified atom stereocenters. The Morgan fingerprint density at radius 3 is 2.95 bits per heavy atom. The van der Waals surface area contributed by atoms with Gasteiger partial charge in [-0.05, 0) is 18.9 Å². The van der Waals surface area contributed by atoms with Crippen LogP contribution in [-0.2, 0) is 0 Å². The lowest BCUT2D eigenvalue weighted by atomic mass is 10.0. The number of aromatic nitrogens is 3. The Hall–Kier alpha value is -1.31. The summed E-state index contributed by atoms with van der Waals surface area (Å²) in [5.74, 6) is 0. The first-order valence-corrected chi connectivity index (χ1v) is 7.74. The molecule has 0 amide bonds. The number of anilines is 1. The number of fused-ring (bicyclic) bond motifs is 1. The Balaban J connectivity index is 1.68. The maximum Gasteiger partial charge on any atom is 0.194 e. The first-order valence-electron chi connectivity index (χ1n) is 6.92. The van der Waals surface area contributed by atoms with Gasteiger partial charge in [-0.2, -0.15) is 10.1 Å². The SMILES string of the molecule is CN(c1nc2nnccc2s1)C1CCN(CCO)CC1. The van der Waals surface area contributed by atoms with E-state index in [0.29, 0.717) is 6.04 Å². The minimum absolute atomic E-state index is 0.247. The number of piperidine rings is 1. The number of hydrogen-bond donors (Lipinski definition) is 1. The van der Waals surface area contributed by atoms with Gasteiger partial charge in [-0.15, -0.1) is 5.10 Å². The molecule has 0 spiro atoms. The molecule has 1 fully saturated rings. The van der Waals surface area contributed by atoms with Crippen LogP contribution in [0.15, 0.2) is 12.3 Å². The van der Waals surface area contributed by atoms with E-state index in [4.69, 9.17) is 5.11 Å². The second-order valence-electron chi connectivity index (χ2n) is 5.12. The first-order chi connectivity index (χ1) is 9.78. The Kier molecular flexibility index (Phi) is 4.09. The summed E-state index contributed by atoms with van der Waals surface area (Å²) in [5, 5.41) is 17.9. The van der Waals surface area contributed by atoms with Crippen molar-refractivity contribution in [2.24, 2.45) is 0 Å². The highest BCUT2D eigenvalue weighted by molar-refractivity contribution is 7.22. The van der Waals surface area contributed by atoms with Gasteiger partial charge in [0.1, 0.15) is 0 Å². The summed E-state index contributed by atoms with van der Waals surface area (Å²) >= 11 is 1.67. The second-order valence-corrected chi connectivity index (χ2v) is 6.13. The minimum atomic E-state index is 0.247. The molecule has 1 aliphatic heterocycles. The van der Waals surface area contributed by atoms with Crippen molar-refractivity contribution in [1.82, 2.24) is 20.1 Å². The van der Waals surface area contributed by atoms with Crippen LogP contribution in [0.2, 0.25) is 0 Å². The molecule has 7 heteroatoms. The molecule has 20 heavy (non-hydrogen) atoms.